The summed E-state index contributed by atoms with van der Waals surface area (Å²) in [7, 11) is 0. The summed E-state index contributed by atoms with van der Waals surface area (Å²) in [6.45, 7) is 5.53. The normalized spacial score (nSPS) is 9.88. The summed E-state index contributed by atoms with van der Waals surface area (Å²) < 4.78 is 0. The second-order valence-corrected chi connectivity index (χ2v) is 3.90. The second-order valence-electron chi connectivity index (χ2n) is 3.90. The van der Waals surface area contributed by atoms with Gasteiger partial charge in [0.1, 0.15) is 5.75 Å². The Morgan fingerprint density at radius 2 is 1.94 bits per heavy atom. The molecule has 0 heterocycles. The van der Waals surface area contributed by atoms with Gasteiger partial charge in [-0.1, -0.05) is 32.0 Å². The molecule has 1 aromatic rings. The standard InChI is InChI=1S/C13H16O2.CH3.Y/c1-9(2)12(14)8-7-11-6-4-5-10(3)13(11)15;;/h4-9,15H,1-3H3;1H3;/q;-1;/b8-7-;;. The summed E-state index contributed by atoms with van der Waals surface area (Å²) in [4.78, 5) is 11.3. The fourth-order valence-corrected chi connectivity index (χ4v) is 1.18. The van der Waals surface area contributed by atoms with Gasteiger partial charge in [-0.2, -0.15) is 0 Å². The van der Waals surface area contributed by atoms with Gasteiger partial charge in [-0.3, -0.25) is 4.79 Å². The van der Waals surface area contributed by atoms with Gasteiger partial charge in [0.25, 0.3) is 0 Å². The molecule has 0 saturated heterocycles. The van der Waals surface area contributed by atoms with Crippen molar-refractivity contribution in [1.82, 2.24) is 0 Å². The average Bonchev–Trinajstić information content (AvgIpc) is 2.19. The van der Waals surface area contributed by atoms with Crippen molar-refractivity contribution in [3.05, 3.63) is 42.8 Å². The Morgan fingerprint density at radius 3 is 2.47 bits per heavy atom. The molecular formula is C14H19O2Y-. The number of allylic oxidation sites excluding steroid dienone is 1. The van der Waals surface area contributed by atoms with E-state index < -0.39 is 0 Å². The summed E-state index contributed by atoms with van der Waals surface area (Å²) in [6, 6.07) is 5.47. The third-order valence-electron chi connectivity index (χ3n) is 2.27. The predicted molar refractivity (Wildman–Crippen MR) is 68.1 cm³/mol. The van der Waals surface area contributed by atoms with E-state index >= 15 is 0 Å². The van der Waals surface area contributed by atoms with E-state index in [-0.39, 0.29) is 57.6 Å². The fourth-order valence-electron chi connectivity index (χ4n) is 1.18. The molecule has 2 nitrogen and oxygen atoms in total. The number of aromatic hydroxyl groups is 1. The first-order valence-electron chi connectivity index (χ1n) is 5.03. The number of para-hydroxylation sites is 1. The van der Waals surface area contributed by atoms with Gasteiger partial charge in [0, 0.05) is 44.2 Å². The Hall–Kier alpha value is -0.466. The molecule has 0 aromatic heterocycles. The SMILES string of the molecule is Cc1cccc(/C=C\C(=O)C(C)C)c1O.[CH3-].[Y]. The summed E-state index contributed by atoms with van der Waals surface area (Å²) in [6.07, 6.45) is 3.17. The van der Waals surface area contributed by atoms with Gasteiger partial charge in [0.05, 0.1) is 0 Å². The van der Waals surface area contributed by atoms with Gasteiger partial charge >= 0.3 is 0 Å². The number of ketones is 1. The number of carbonyl (C=O) groups excluding carboxylic acids is 1. The fraction of sp³-hybridized carbons (Fsp3) is 0.286. The number of phenols is 1. The molecule has 1 rings (SSSR count). The van der Waals surface area contributed by atoms with E-state index in [0.29, 0.717) is 5.56 Å². The molecule has 0 aliphatic carbocycles. The number of aryl methyl sites for hydroxylation is 1. The minimum absolute atomic E-state index is 0. The molecule has 0 aliphatic heterocycles. The Bertz CT molecular complexity index is 395. The minimum Gasteiger partial charge on any atom is -0.507 e. The second kappa shape index (κ2) is 8.60. The number of benzene rings is 1. The van der Waals surface area contributed by atoms with Crippen molar-refractivity contribution in [3.8, 4) is 5.75 Å². The largest absolute Gasteiger partial charge is 0.507 e. The van der Waals surface area contributed by atoms with Crippen molar-refractivity contribution < 1.29 is 42.6 Å². The summed E-state index contributed by atoms with van der Waals surface area (Å²) >= 11 is 0. The van der Waals surface area contributed by atoms with E-state index in [2.05, 4.69) is 0 Å². The zero-order valence-corrected chi connectivity index (χ0v) is 13.7. The molecule has 0 amide bonds. The van der Waals surface area contributed by atoms with Crippen molar-refractivity contribution in [2.75, 3.05) is 0 Å². The molecule has 1 radical (unpaired) electrons. The Kier molecular flexibility index (Phi) is 9.55. The topological polar surface area (TPSA) is 37.3 Å². The van der Waals surface area contributed by atoms with E-state index in [4.69, 9.17) is 0 Å². The van der Waals surface area contributed by atoms with Crippen LogP contribution in [0, 0.1) is 20.3 Å². The van der Waals surface area contributed by atoms with Crippen LogP contribution in [0.5, 0.6) is 5.75 Å². The Morgan fingerprint density at radius 1 is 1.35 bits per heavy atom. The molecule has 0 aliphatic rings. The Balaban J connectivity index is 0. The van der Waals surface area contributed by atoms with Crippen molar-refractivity contribution in [3.63, 3.8) is 0 Å². The van der Waals surface area contributed by atoms with Crippen LogP contribution in [0.4, 0.5) is 0 Å². The smallest absolute Gasteiger partial charge is 0.158 e. The molecule has 0 unspecified atom stereocenters. The molecular weight excluding hydrogens is 289 g/mol. The molecule has 0 fully saturated rings. The maximum Gasteiger partial charge on any atom is 0.158 e. The maximum atomic E-state index is 11.3. The molecule has 1 N–H and O–H groups in total. The van der Waals surface area contributed by atoms with E-state index in [9.17, 15) is 9.90 Å². The van der Waals surface area contributed by atoms with E-state index in [0.717, 1.165) is 5.56 Å². The predicted octanol–water partition coefficient (Wildman–Crippen LogP) is 3.39. The number of hydrogen-bond donors (Lipinski definition) is 1. The quantitative estimate of drug-likeness (QED) is 0.686. The number of rotatable bonds is 3. The van der Waals surface area contributed by atoms with Crippen molar-refractivity contribution in [1.29, 1.82) is 0 Å². The van der Waals surface area contributed by atoms with Crippen LogP contribution in [0.3, 0.4) is 0 Å². The van der Waals surface area contributed by atoms with E-state index in [1.807, 2.05) is 32.9 Å². The zero-order chi connectivity index (χ0) is 11.4. The van der Waals surface area contributed by atoms with E-state index in [1.54, 1.807) is 12.1 Å². The Labute approximate surface area is 129 Å². The van der Waals surface area contributed by atoms with Gasteiger partial charge in [0.15, 0.2) is 5.78 Å². The third kappa shape index (κ3) is 5.60. The number of hydrogen-bond acceptors (Lipinski definition) is 2. The number of phenolic OH excluding ortho intramolecular Hbond substituents is 1. The molecule has 91 valence electrons. The van der Waals surface area contributed by atoms with Gasteiger partial charge in [-0.15, -0.1) is 0 Å². The van der Waals surface area contributed by atoms with Gasteiger partial charge in [-0.05, 0) is 24.6 Å². The average molecular weight is 308 g/mol. The van der Waals surface area contributed by atoms with Gasteiger partial charge < -0.3 is 12.5 Å². The number of carbonyl (C=O) groups is 1. The van der Waals surface area contributed by atoms with Crippen LogP contribution < -0.4 is 0 Å². The molecule has 0 atom stereocenters. The summed E-state index contributed by atoms with van der Waals surface area (Å²) in [5, 5.41) is 9.69. The van der Waals surface area contributed by atoms with Crippen molar-refractivity contribution >= 4 is 11.9 Å². The first-order valence-corrected chi connectivity index (χ1v) is 5.03. The van der Waals surface area contributed by atoms with Gasteiger partial charge in [-0.25, -0.2) is 0 Å². The molecule has 3 heteroatoms. The molecule has 0 saturated carbocycles. The molecule has 17 heavy (non-hydrogen) atoms. The van der Waals surface area contributed by atoms with Crippen LogP contribution >= 0.6 is 0 Å². The molecule has 0 spiro atoms. The molecule has 0 bridgehead atoms. The van der Waals surface area contributed by atoms with Crippen molar-refractivity contribution in [2.45, 2.75) is 20.8 Å². The van der Waals surface area contributed by atoms with Crippen LogP contribution in [0.1, 0.15) is 25.0 Å². The monoisotopic (exact) mass is 308 g/mol. The van der Waals surface area contributed by atoms with Crippen molar-refractivity contribution in [2.24, 2.45) is 5.92 Å². The van der Waals surface area contributed by atoms with Crippen LogP contribution in [0.25, 0.3) is 6.08 Å². The summed E-state index contributed by atoms with van der Waals surface area (Å²) in [5.41, 5.74) is 1.50. The van der Waals surface area contributed by atoms with E-state index in [1.165, 1.54) is 6.08 Å². The first kappa shape index (κ1) is 18.9. The molecule has 1 aromatic carbocycles. The minimum atomic E-state index is -0.00629. The van der Waals surface area contributed by atoms with Crippen LogP contribution in [-0.2, 0) is 37.5 Å². The zero-order valence-electron chi connectivity index (χ0n) is 10.9. The van der Waals surface area contributed by atoms with Crippen LogP contribution in [-0.4, -0.2) is 10.9 Å². The van der Waals surface area contributed by atoms with Gasteiger partial charge in [0.2, 0.25) is 0 Å². The van der Waals surface area contributed by atoms with Crippen LogP contribution in [0.2, 0.25) is 0 Å². The summed E-state index contributed by atoms with van der Waals surface area (Å²) in [5.74, 6) is 0.300. The van der Waals surface area contributed by atoms with Crippen LogP contribution in [0.15, 0.2) is 24.3 Å². The third-order valence-corrected chi connectivity index (χ3v) is 2.27. The first-order chi connectivity index (χ1) is 7.02. The maximum absolute atomic E-state index is 11.3.